The van der Waals surface area contributed by atoms with E-state index in [-0.39, 0.29) is 17.9 Å². The molecule has 2 aliphatic heterocycles. The lowest BCUT2D eigenvalue weighted by Gasteiger charge is -2.32. The van der Waals surface area contributed by atoms with Gasteiger partial charge >= 0.3 is 0 Å². The Labute approximate surface area is 255 Å². The Bertz CT molecular complexity index is 1720. The van der Waals surface area contributed by atoms with Crippen LogP contribution < -0.4 is 10.6 Å². The molecule has 1 fully saturated rings. The molecule has 0 spiro atoms. The largest absolute Gasteiger partial charge is 0.360 e. The summed E-state index contributed by atoms with van der Waals surface area (Å²) in [5, 5.41) is 7.89. The summed E-state index contributed by atoms with van der Waals surface area (Å²) in [4.78, 5) is 42.3. The number of H-pyrrole nitrogens is 1. The number of amides is 2. The number of likely N-dealkylation sites (tertiary alicyclic amines) is 1. The lowest BCUT2D eigenvalue weighted by Crippen LogP contribution is -2.42. The maximum Gasteiger partial charge on any atom is 0.253 e. The van der Waals surface area contributed by atoms with Crippen LogP contribution in [0.3, 0.4) is 0 Å². The molecule has 2 aromatic heterocycles. The molecule has 1 saturated heterocycles. The summed E-state index contributed by atoms with van der Waals surface area (Å²) in [6, 6.07) is 13.7. The normalized spacial score (nSPS) is 16.1. The molecule has 0 radical (unpaired) electrons. The lowest BCUT2D eigenvalue weighted by atomic mass is 9.95. The van der Waals surface area contributed by atoms with E-state index in [1.807, 2.05) is 47.5 Å². The molecular weight excluding hydrogens is 562 g/mol. The van der Waals surface area contributed by atoms with Gasteiger partial charge in [0.05, 0.1) is 16.9 Å². The average Bonchev–Trinajstić information content (AvgIpc) is 3.46. The van der Waals surface area contributed by atoms with E-state index >= 15 is 0 Å². The van der Waals surface area contributed by atoms with E-state index in [0.717, 1.165) is 60.0 Å². The summed E-state index contributed by atoms with van der Waals surface area (Å²) in [7, 11) is 2.08. The molecule has 3 N–H and O–H groups in total. The van der Waals surface area contributed by atoms with Crippen LogP contribution in [-0.2, 0) is 4.79 Å². The molecule has 0 atom stereocenters. The summed E-state index contributed by atoms with van der Waals surface area (Å²) < 4.78 is 0. The number of likely N-dealkylation sites (N-methyl/N-ethyl adjacent to an activating group) is 1. The Morgan fingerprint density at radius 1 is 1.12 bits per heavy atom. The van der Waals surface area contributed by atoms with Crippen LogP contribution in [0, 0.1) is 0 Å². The second-order valence-electron chi connectivity index (χ2n) is 11.0. The highest BCUT2D eigenvalue weighted by molar-refractivity contribution is 6.33. The van der Waals surface area contributed by atoms with Crippen molar-refractivity contribution in [1.29, 1.82) is 0 Å². The number of nitrogens with zero attached hydrogens (tertiary/aromatic N) is 4. The number of carbonyl (C=O) groups is 2. The lowest BCUT2D eigenvalue weighted by molar-refractivity contribution is -0.111. The third-order valence-electron chi connectivity index (χ3n) is 8.17. The zero-order chi connectivity index (χ0) is 29.9. The van der Waals surface area contributed by atoms with Gasteiger partial charge in [0.25, 0.3) is 5.91 Å². The minimum Gasteiger partial charge on any atom is -0.360 e. The number of aromatic nitrogens is 3. The van der Waals surface area contributed by atoms with Crippen molar-refractivity contribution in [3.63, 3.8) is 0 Å². The van der Waals surface area contributed by atoms with Crippen molar-refractivity contribution in [2.75, 3.05) is 43.9 Å². The van der Waals surface area contributed by atoms with Crippen molar-refractivity contribution < 1.29 is 9.59 Å². The molecule has 6 rings (SSSR count). The van der Waals surface area contributed by atoms with Crippen LogP contribution in [0.1, 0.15) is 35.2 Å². The molecule has 10 heteroatoms. The standard InChI is InChI=1S/C33H34ClN7O2/c1-3-30(42)38-29-9-8-22(18-25(29)21-10-14-40(2)15-11-21)32(43)41-16-12-23(13-17-41)37-33-36-20-27(34)31(39-33)26-19-35-28-7-5-4-6-24(26)28/h3-10,18-20,23,35H,1,11-17H2,2H3,(H,38,42)(H,36,37,39). The maximum atomic E-state index is 13.6. The molecule has 0 unspecified atom stereocenters. The van der Waals surface area contributed by atoms with Gasteiger partial charge in [0.15, 0.2) is 0 Å². The number of anilines is 2. The number of halogens is 1. The third kappa shape index (κ3) is 6.18. The number of hydrogen-bond acceptors (Lipinski definition) is 6. The van der Waals surface area contributed by atoms with E-state index in [1.54, 1.807) is 12.3 Å². The highest BCUT2D eigenvalue weighted by Crippen LogP contribution is 2.33. The number of carbonyl (C=O) groups excluding carboxylic acids is 2. The van der Waals surface area contributed by atoms with Crippen LogP contribution in [0.15, 0.2) is 73.6 Å². The maximum absolute atomic E-state index is 13.6. The Balaban J connectivity index is 1.14. The molecule has 2 aliphatic rings. The number of nitrogens with one attached hydrogen (secondary N) is 3. The van der Waals surface area contributed by atoms with Crippen molar-refractivity contribution in [2.24, 2.45) is 0 Å². The minimum atomic E-state index is -0.276. The SMILES string of the molecule is C=CC(=O)Nc1ccc(C(=O)N2CCC(Nc3ncc(Cl)c(-c4c[nH]c5ccccc45)n3)CC2)cc1C1=CCN(C)CC1. The van der Waals surface area contributed by atoms with Gasteiger partial charge in [0, 0.05) is 71.7 Å². The first-order valence-corrected chi connectivity index (χ1v) is 14.9. The van der Waals surface area contributed by atoms with Crippen LogP contribution in [-0.4, -0.2) is 75.8 Å². The Morgan fingerprint density at radius 3 is 2.70 bits per heavy atom. The summed E-state index contributed by atoms with van der Waals surface area (Å²) in [5.41, 5.74) is 5.94. The Kier molecular flexibility index (Phi) is 8.26. The van der Waals surface area contributed by atoms with Gasteiger partial charge in [0.2, 0.25) is 11.9 Å². The van der Waals surface area contributed by atoms with Gasteiger partial charge in [-0.3, -0.25) is 9.59 Å². The first kappa shape index (κ1) is 28.6. The molecule has 220 valence electrons. The molecule has 0 bridgehead atoms. The van der Waals surface area contributed by atoms with Gasteiger partial charge < -0.3 is 25.4 Å². The number of piperidine rings is 1. The number of hydrogen-bond donors (Lipinski definition) is 3. The van der Waals surface area contributed by atoms with E-state index in [2.05, 4.69) is 45.2 Å². The molecule has 43 heavy (non-hydrogen) atoms. The highest BCUT2D eigenvalue weighted by atomic mass is 35.5. The zero-order valence-corrected chi connectivity index (χ0v) is 24.8. The molecule has 2 aromatic carbocycles. The molecule has 0 aliphatic carbocycles. The van der Waals surface area contributed by atoms with Crippen molar-refractivity contribution in [3.05, 3.63) is 89.7 Å². The Morgan fingerprint density at radius 2 is 1.93 bits per heavy atom. The molecule has 0 saturated carbocycles. The smallest absolute Gasteiger partial charge is 0.253 e. The van der Waals surface area contributed by atoms with Crippen molar-refractivity contribution in [1.82, 2.24) is 24.8 Å². The first-order valence-electron chi connectivity index (χ1n) is 14.5. The zero-order valence-electron chi connectivity index (χ0n) is 24.1. The van der Waals surface area contributed by atoms with Gasteiger partial charge in [-0.15, -0.1) is 0 Å². The van der Waals surface area contributed by atoms with Crippen LogP contribution in [0.2, 0.25) is 5.02 Å². The number of fused-ring (bicyclic) bond motifs is 1. The second-order valence-corrected chi connectivity index (χ2v) is 11.5. The van der Waals surface area contributed by atoms with Gasteiger partial charge in [-0.25, -0.2) is 9.97 Å². The summed E-state index contributed by atoms with van der Waals surface area (Å²) in [5.74, 6) is 0.225. The molecule has 9 nitrogen and oxygen atoms in total. The predicted molar refractivity (Wildman–Crippen MR) is 172 cm³/mol. The summed E-state index contributed by atoms with van der Waals surface area (Å²) in [6.45, 7) is 6.52. The third-order valence-corrected chi connectivity index (χ3v) is 8.45. The topological polar surface area (TPSA) is 106 Å². The van der Waals surface area contributed by atoms with Gasteiger partial charge in [-0.1, -0.05) is 42.5 Å². The first-order chi connectivity index (χ1) is 20.9. The fraction of sp³-hybridized carbons (Fsp3) is 0.273. The molecule has 4 heterocycles. The van der Waals surface area contributed by atoms with Crippen molar-refractivity contribution in [3.8, 4) is 11.3 Å². The van der Waals surface area contributed by atoms with Gasteiger partial charge in [-0.2, -0.15) is 0 Å². The van der Waals surface area contributed by atoms with Crippen LogP contribution in [0.5, 0.6) is 0 Å². The van der Waals surface area contributed by atoms with E-state index < -0.39 is 0 Å². The minimum absolute atomic E-state index is 0.0146. The quantitative estimate of drug-likeness (QED) is 0.232. The average molecular weight is 596 g/mol. The number of para-hydroxylation sites is 1. The molecule has 4 aromatic rings. The van der Waals surface area contributed by atoms with Gasteiger partial charge in [0.1, 0.15) is 0 Å². The van der Waals surface area contributed by atoms with E-state index in [9.17, 15) is 9.59 Å². The molecule has 2 amide bonds. The highest BCUT2D eigenvalue weighted by Gasteiger charge is 2.26. The second kappa shape index (κ2) is 12.4. The Hall–Kier alpha value is -4.47. The van der Waals surface area contributed by atoms with E-state index in [0.29, 0.717) is 41.0 Å². The fourth-order valence-corrected chi connectivity index (χ4v) is 5.93. The van der Waals surface area contributed by atoms with E-state index in [1.165, 1.54) is 6.08 Å². The van der Waals surface area contributed by atoms with Crippen LogP contribution in [0.4, 0.5) is 11.6 Å². The number of benzene rings is 2. The van der Waals surface area contributed by atoms with Crippen molar-refractivity contribution in [2.45, 2.75) is 25.3 Å². The predicted octanol–water partition coefficient (Wildman–Crippen LogP) is 5.84. The van der Waals surface area contributed by atoms with Crippen molar-refractivity contribution >= 4 is 51.5 Å². The number of rotatable bonds is 7. The van der Waals surface area contributed by atoms with Gasteiger partial charge in [-0.05, 0) is 62.2 Å². The monoisotopic (exact) mass is 595 g/mol. The van der Waals surface area contributed by atoms with Crippen LogP contribution in [0.25, 0.3) is 27.7 Å². The fourth-order valence-electron chi connectivity index (χ4n) is 5.74. The van der Waals surface area contributed by atoms with E-state index in [4.69, 9.17) is 16.6 Å². The summed E-state index contributed by atoms with van der Waals surface area (Å²) in [6.07, 6.45) is 9.33. The summed E-state index contributed by atoms with van der Waals surface area (Å²) >= 11 is 6.51. The molecular formula is C33H34ClN7O2. The number of aromatic amines is 1. The van der Waals surface area contributed by atoms with Crippen LogP contribution >= 0.6 is 11.6 Å².